The predicted molar refractivity (Wildman–Crippen MR) is 116 cm³/mol. The van der Waals surface area contributed by atoms with Crippen molar-refractivity contribution in [2.24, 2.45) is 5.92 Å². The Morgan fingerprint density at radius 3 is 2.22 bits per heavy atom. The summed E-state index contributed by atoms with van der Waals surface area (Å²) in [4.78, 5) is 61.2. The Morgan fingerprint density at radius 1 is 1.00 bits per heavy atom. The summed E-state index contributed by atoms with van der Waals surface area (Å²) in [7, 11) is 0. The average molecular weight is 444 g/mol. The Kier molecular flexibility index (Phi) is 8.69. The fraction of sp³-hybridized carbons (Fsp3) is 0.435. The van der Waals surface area contributed by atoms with E-state index in [1.807, 2.05) is 30.3 Å². The fourth-order valence-electron chi connectivity index (χ4n) is 3.07. The Hall–Kier alpha value is -3.49. The largest absolute Gasteiger partial charge is 0.444 e. The van der Waals surface area contributed by atoms with Gasteiger partial charge in [-0.2, -0.15) is 0 Å². The number of alkyl carbamates (subject to hydrolysis) is 1. The van der Waals surface area contributed by atoms with Crippen molar-refractivity contribution >= 4 is 29.6 Å². The second-order valence-electron chi connectivity index (χ2n) is 8.44. The standard InChI is InChI=1S/C23H29N3O6/c1-23(2,3)32-22(31)25-15-18(27)14-17(13-16-7-5-4-6-8-16)21(30)24-11-12-26-19(28)9-10-20(26)29/h4-10,17H,11-15H2,1-3H3,(H,24,30)(H,25,31)/t17-/m1/s1. The lowest BCUT2D eigenvalue weighted by atomic mass is 9.93. The van der Waals surface area contributed by atoms with Crippen LogP contribution < -0.4 is 10.6 Å². The van der Waals surface area contributed by atoms with Gasteiger partial charge in [0.05, 0.1) is 6.54 Å². The number of carbonyl (C=O) groups is 5. The molecular formula is C23H29N3O6. The summed E-state index contributed by atoms with van der Waals surface area (Å²) in [5.41, 5.74) is 0.200. The van der Waals surface area contributed by atoms with Crippen LogP contribution in [0.25, 0.3) is 0 Å². The second kappa shape index (κ2) is 11.2. The van der Waals surface area contributed by atoms with Crippen molar-refractivity contribution in [2.45, 2.75) is 39.2 Å². The smallest absolute Gasteiger partial charge is 0.408 e. The topological polar surface area (TPSA) is 122 Å². The Balaban J connectivity index is 1.92. The van der Waals surface area contributed by atoms with Gasteiger partial charge in [-0.25, -0.2) is 4.79 Å². The van der Waals surface area contributed by atoms with Gasteiger partial charge < -0.3 is 15.4 Å². The molecule has 0 aromatic heterocycles. The first kappa shape index (κ1) is 24.8. The SMILES string of the molecule is CC(C)(C)OC(=O)NCC(=O)C[C@@H](Cc1ccccc1)C(=O)NCCN1C(=O)C=CC1=O. The summed E-state index contributed by atoms with van der Waals surface area (Å²) in [6.07, 6.45) is 1.90. The van der Waals surface area contributed by atoms with Crippen LogP contribution in [-0.4, -0.2) is 59.7 Å². The lowest BCUT2D eigenvalue weighted by Gasteiger charge is -2.20. The zero-order valence-electron chi connectivity index (χ0n) is 18.6. The molecule has 2 rings (SSSR count). The molecule has 1 aromatic rings. The number of hydrogen-bond acceptors (Lipinski definition) is 6. The fourth-order valence-corrected chi connectivity index (χ4v) is 3.07. The van der Waals surface area contributed by atoms with Gasteiger partial charge in [0.15, 0.2) is 5.78 Å². The molecule has 0 aliphatic carbocycles. The van der Waals surface area contributed by atoms with Gasteiger partial charge in [-0.15, -0.1) is 0 Å². The monoisotopic (exact) mass is 443 g/mol. The van der Waals surface area contributed by atoms with Crippen molar-refractivity contribution in [3.63, 3.8) is 0 Å². The molecule has 2 N–H and O–H groups in total. The minimum absolute atomic E-state index is 0.0443. The summed E-state index contributed by atoms with van der Waals surface area (Å²) < 4.78 is 5.11. The third-order valence-corrected chi connectivity index (χ3v) is 4.53. The van der Waals surface area contributed by atoms with Crippen molar-refractivity contribution in [1.82, 2.24) is 15.5 Å². The number of nitrogens with zero attached hydrogens (tertiary/aromatic N) is 1. The van der Waals surface area contributed by atoms with Crippen LogP contribution in [0.3, 0.4) is 0 Å². The first-order chi connectivity index (χ1) is 15.0. The number of Topliss-reactive ketones (excluding diaryl/α,β-unsaturated/α-hetero) is 1. The van der Waals surface area contributed by atoms with E-state index < -0.39 is 29.4 Å². The van der Waals surface area contributed by atoms with Crippen molar-refractivity contribution in [3.8, 4) is 0 Å². The van der Waals surface area contributed by atoms with E-state index in [0.29, 0.717) is 6.42 Å². The van der Waals surface area contributed by atoms with Crippen LogP contribution >= 0.6 is 0 Å². The highest BCUT2D eigenvalue weighted by molar-refractivity contribution is 6.12. The molecule has 0 fully saturated rings. The summed E-state index contributed by atoms with van der Waals surface area (Å²) in [6, 6.07) is 9.25. The number of hydrogen-bond donors (Lipinski definition) is 2. The van der Waals surface area contributed by atoms with Crippen LogP contribution in [0, 0.1) is 5.92 Å². The lowest BCUT2D eigenvalue weighted by Crippen LogP contribution is -2.41. The summed E-state index contributed by atoms with van der Waals surface area (Å²) in [5, 5.41) is 5.10. The summed E-state index contributed by atoms with van der Waals surface area (Å²) >= 11 is 0. The number of imide groups is 1. The summed E-state index contributed by atoms with van der Waals surface area (Å²) in [6.45, 7) is 5.02. The molecule has 0 unspecified atom stereocenters. The molecule has 1 aliphatic rings. The number of ketones is 1. The van der Waals surface area contributed by atoms with Gasteiger partial charge in [0.2, 0.25) is 5.91 Å². The molecule has 0 saturated carbocycles. The van der Waals surface area contributed by atoms with Crippen LogP contribution in [0.5, 0.6) is 0 Å². The molecule has 9 heteroatoms. The Morgan fingerprint density at radius 2 is 1.62 bits per heavy atom. The van der Waals surface area contributed by atoms with Crippen LogP contribution in [0.2, 0.25) is 0 Å². The van der Waals surface area contributed by atoms with Gasteiger partial charge in [-0.05, 0) is 32.8 Å². The minimum atomic E-state index is -0.705. The van der Waals surface area contributed by atoms with E-state index in [-0.39, 0.29) is 37.7 Å². The highest BCUT2D eigenvalue weighted by Gasteiger charge is 2.25. The van der Waals surface area contributed by atoms with E-state index in [1.54, 1.807) is 20.8 Å². The van der Waals surface area contributed by atoms with Crippen LogP contribution in [0.1, 0.15) is 32.8 Å². The maximum absolute atomic E-state index is 12.8. The van der Waals surface area contributed by atoms with Crippen molar-refractivity contribution < 1.29 is 28.7 Å². The van der Waals surface area contributed by atoms with Gasteiger partial charge in [-0.1, -0.05) is 30.3 Å². The van der Waals surface area contributed by atoms with E-state index in [0.717, 1.165) is 10.5 Å². The second-order valence-corrected chi connectivity index (χ2v) is 8.44. The number of amides is 4. The van der Waals surface area contributed by atoms with Gasteiger partial charge in [-0.3, -0.25) is 24.1 Å². The predicted octanol–water partition coefficient (Wildman–Crippen LogP) is 1.37. The summed E-state index contributed by atoms with van der Waals surface area (Å²) in [5.74, 6) is -2.21. The number of rotatable bonds is 10. The maximum Gasteiger partial charge on any atom is 0.408 e. The molecule has 4 amide bonds. The molecule has 0 bridgehead atoms. The molecule has 1 atom stereocenters. The molecular weight excluding hydrogens is 414 g/mol. The van der Waals surface area contributed by atoms with Crippen molar-refractivity contribution in [1.29, 1.82) is 0 Å². The van der Waals surface area contributed by atoms with Crippen molar-refractivity contribution in [2.75, 3.05) is 19.6 Å². The van der Waals surface area contributed by atoms with Gasteiger partial charge in [0, 0.05) is 37.6 Å². The van der Waals surface area contributed by atoms with E-state index in [4.69, 9.17) is 4.74 Å². The zero-order valence-corrected chi connectivity index (χ0v) is 18.6. The van der Waals surface area contributed by atoms with E-state index in [2.05, 4.69) is 10.6 Å². The number of benzene rings is 1. The molecule has 32 heavy (non-hydrogen) atoms. The van der Waals surface area contributed by atoms with Crippen LogP contribution in [0.15, 0.2) is 42.5 Å². The maximum atomic E-state index is 12.8. The minimum Gasteiger partial charge on any atom is -0.444 e. The molecule has 0 saturated heterocycles. The molecule has 9 nitrogen and oxygen atoms in total. The molecule has 1 aliphatic heterocycles. The molecule has 0 spiro atoms. The van der Waals surface area contributed by atoms with E-state index in [9.17, 15) is 24.0 Å². The lowest BCUT2D eigenvalue weighted by molar-refractivity contribution is -0.137. The zero-order chi connectivity index (χ0) is 23.7. The molecule has 172 valence electrons. The first-order valence-corrected chi connectivity index (χ1v) is 10.4. The quantitative estimate of drug-likeness (QED) is 0.527. The highest BCUT2D eigenvalue weighted by atomic mass is 16.6. The van der Waals surface area contributed by atoms with E-state index >= 15 is 0 Å². The van der Waals surface area contributed by atoms with Crippen LogP contribution in [-0.2, 0) is 30.3 Å². The van der Waals surface area contributed by atoms with Crippen LogP contribution in [0.4, 0.5) is 4.79 Å². The Bertz CT molecular complexity index is 871. The molecule has 1 aromatic carbocycles. The third-order valence-electron chi connectivity index (χ3n) is 4.53. The van der Waals surface area contributed by atoms with Gasteiger partial charge >= 0.3 is 6.09 Å². The normalized spacial score (nSPS) is 14.3. The van der Waals surface area contributed by atoms with E-state index in [1.165, 1.54) is 12.2 Å². The Labute approximate surface area is 187 Å². The average Bonchev–Trinajstić information content (AvgIpc) is 3.03. The van der Waals surface area contributed by atoms with Crippen molar-refractivity contribution in [3.05, 3.63) is 48.0 Å². The number of carbonyl (C=O) groups excluding carboxylic acids is 5. The molecule has 0 radical (unpaired) electrons. The van der Waals surface area contributed by atoms with Gasteiger partial charge in [0.1, 0.15) is 5.60 Å². The number of ether oxygens (including phenoxy) is 1. The highest BCUT2D eigenvalue weighted by Crippen LogP contribution is 2.14. The number of nitrogens with one attached hydrogen (secondary N) is 2. The first-order valence-electron chi connectivity index (χ1n) is 10.4. The van der Waals surface area contributed by atoms with Gasteiger partial charge in [0.25, 0.3) is 11.8 Å². The third kappa shape index (κ3) is 8.33. The molecule has 1 heterocycles.